The lowest BCUT2D eigenvalue weighted by molar-refractivity contribution is -0.134. The molecule has 24 heavy (non-hydrogen) atoms. The van der Waals surface area contributed by atoms with Crippen LogP contribution in [-0.4, -0.2) is 34.1 Å². The lowest BCUT2D eigenvalue weighted by atomic mass is 9.44. The van der Waals surface area contributed by atoms with E-state index in [2.05, 4.69) is 13.8 Å². The van der Waals surface area contributed by atoms with E-state index in [9.17, 15) is 15.3 Å². The summed E-state index contributed by atoms with van der Waals surface area (Å²) in [7, 11) is 0. The van der Waals surface area contributed by atoms with Crippen molar-refractivity contribution >= 4 is 0 Å². The summed E-state index contributed by atoms with van der Waals surface area (Å²) in [4.78, 5) is 0. The molecular formula is C21H36O3. The highest BCUT2D eigenvalue weighted by Crippen LogP contribution is 2.67. The average Bonchev–Trinajstić information content (AvgIpc) is 2.92. The van der Waals surface area contributed by atoms with Gasteiger partial charge in [0.15, 0.2) is 0 Å². The summed E-state index contributed by atoms with van der Waals surface area (Å²) in [5, 5.41) is 29.9. The molecule has 138 valence electrons. The summed E-state index contributed by atoms with van der Waals surface area (Å²) in [5.74, 6) is 3.34. The van der Waals surface area contributed by atoms with Crippen molar-refractivity contribution in [2.75, 3.05) is 6.61 Å². The second kappa shape index (κ2) is 5.96. The van der Waals surface area contributed by atoms with E-state index in [1.165, 1.54) is 38.5 Å². The summed E-state index contributed by atoms with van der Waals surface area (Å²) in [6.45, 7) is 4.85. The molecule has 0 amide bonds. The first-order valence-electron chi connectivity index (χ1n) is 10.4. The third-order valence-corrected chi connectivity index (χ3v) is 9.36. The molecule has 0 aromatic carbocycles. The summed E-state index contributed by atoms with van der Waals surface area (Å²) in [6.07, 6.45) is 10.0. The zero-order chi connectivity index (χ0) is 17.1. The van der Waals surface area contributed by atoms with Gasteiger partial charge in [0, 0.05) is 0 Å². The Morgan fingerprint density at radius 1 is 0.917 bits per heavy atom. The van der Waals surface area contributed by atoms with Crippen LogP contribution in [0.25, 0.3) is 0 Å². The molecule has 0 aliphatic heterocycles. The molecule has 3 nitrogen and oxygen atoms in total. The van der Waals surface area contributed by atoms with Gasteiger partial charge in [0.05, 0.1) is 18.8 Å². The highest BCUT2D eigenvalue weighted by Gasteiger charge is 2.60. The van der Waals surface area contributed by atoms with Crippen molar-refractivity contribution in [3.8, 4) is 0 Å². The Balaban J connectivity index is 1.59. The lowest BCUT2D eigenvalue weighted by Gasteiger charge is -2.61. The van der Waals surface area contributed by atoms with E-state index in [1.807, 2.05) is 0 Å². The fourth-order valence-electron chi connectivity index (χ4n) is 8.04. The smallest absolute Gasteiger partial charge is 0.0804 e. The molecule has 3 N–H and O–H groups in total. The maximum Gasteiger partial charge on any atom is 0.0804 e. The first-order valence-corrected chi connectivity index (χ1v) is 10.4. The maximum atomic E-state index is 10.3. The Morgan fingerprint density at radius 2 is 1.62 bits per heavy atom. The molecule has 0 heterocycles. The third kappa shape index (κ3) is 2.34. The van der Waals surface area contributed by atoms with Crippen molar-refractivity contribution in [3.05, 3.63) is 0 Å². The second-order valence-electron chi connectivity index (χ2n) is 10.1. The molecule has 0 aromatic heterocycles. The van der Waals surface area contributed by atoms with Crippen molar-refractivity contribution in [2.45, 2.75) is 83.8 Å². The summed E-state index contributed by atoms with van der Waals surface area (Å²) in [5.41, 5.74) is 0.651. The Labute approximate surface area is 146 Å². The van der Waals surface area contributed by atoms with E-state index < -0.39 is 6.10 Å². The highest BCUT2D eigenvalue weighted by molar-refractivity contribution is 5.10. The monoisotopic (exact) mass is 336 g/mol. The van der Waals surface area contributed by atoms with Crippen LogP contribution in [0.4, 0.5) is 0 Å². The summed E-state index contributed by atoms with van der Waals surface area (Å²) >= 11 is 0. The van der Waals surface area contributed by atoms with Crippen molar-refractivity contribution in [1.82, 2.24) is 0 Å². The molecular weight excluding hydrogens is 300 g/mol. The Kier molecular flexibility index (Phi) is 4.29. The van der Waals surface area contributed by atoms with Crippen molar-refractivity contribution < 1.29 is 15.3 Å². The molecule has 0 bridgehead atoms. The number of aliphatic hydroxyl groups is 3. The fourth-order valence-corrected chi connectivity index (χ4v) is 8.04. The van der Waals surface area contributed by atoms with Crippen LogP contribution in [0.15, 0.2) is 0 Å². The van der Waals surface area contributed by atoms with Gasteiger partial charge in [-0.05, 0) is 98.2 Å². The molecule has 0 radical (unpaired) electrons. The van der Waals surface area contributed by atoms with Gasteiger partial charge in [-0.3, -0.25) is 0 Å². The van der Waals surface area contributed by atoms with Gasteiger partial charge in [0.2, 0.25) is 0 Å². The number of aliphatic hydroxyl groups excluding tert-OH is 3. The predicted octanol–water partition coefficient (Wildman–Crippen LogP) is 3.36. The average molecular weight is 337 g/mol. The van der Waals surface area contributed by atoms with Gasteiger partial charge in [-0.15, -0.1) is 0 Å². The minimum absolute atomic E-state index is 0.0657. The molecule has 4 aliphatic rings. The zero-order valence-corrected chi connectivity index (χ0v) is 15.5. The normalized spacial score (nSPS) is 55.4. The van der Waals surface area contributed by atoms with Crippen LogP contribution in [0, 0.1) is 40.4 Å². The van der Waals surface area contributed by atoms with E-state index >= 15 is 0 Å². The SMILES string of the molecule is C[C@]12CC[C@H](O)C[C@@H]1CC[C@H]1[C@H]2CC[C@]2(C)[C@@H]1CC[C@H]2[C@@H](O)CO. The van der Waals surface area contributed by atoms with E-state index in [-0.39, 0.29) is 24.0 Å². The first-order chi connectivity index (χ1) is 11.4. The summed E-state index contributed by atoms with van der Waals surface area (Å²) < 4.78 is 0. The molecule has 4 saturated carbocycles. The van der Waals surface area contributed by atoms with Crippen LogP contribution in [-0.2, 0) is 0 Å². The predicted molar refractivity (Wildman–Crippen MR) is 94.3 cm³/mol. The van der Waals surface area contributed by atoms with E-state index in [4.69, 9.17) is 0 Å². The molecule has 3 heteroatoms. The van der Waals surface area contributed by atoms with Crippen LogP contribution >= 0.6 is 0 Å². The van der Waals surface area contributed by atoms with E-state index in [0.29, 0.717) is 11.3 Å². The standard InChI is InChI=1S/C21H36O3/c1-20-9-7-14(23)11-13(20)3-4-15-16-5-6-18(19(24)12-22)21(16,2)10-8-17(15)20/h13-19,22-24H,3-12H2,1-2H3/t13-,14-,15+,16+,17+,18-,19-,20-,21+/m0/s1. The van der Waals surface area contributed by atoms with E-state index in [0.717, 1.165) is 37.0 Å². The number of hydrogen-bond donors (Lipinski definition) is 3. The van der Waals surface area contributed by atoms with Gasteiger partial charge in [-0.25, -0.2) is 0 Å². The largest absolute Gasteiger partial charge is 0.394 e. The van der Waals surface area contributed by atoms with Gasteiger partial charge in [0.25, 0.3) is 0 Å². The number of rotatable bonds is 2. The fraction of sp³-hybridized carbons (Fsp3) is 1.00. The minimum Gasteiger partial charge on any atom is -0.394 e. The van der Waals surface area contributed by atoms with Gasteiger partial charge in [0.1, 0.15) is 0 Å². The van der Waals surface area contributed by atoms with Gasteiger partial charge in [-0.1, -0.05) is 13.8 Å². The molecule has 4 fully saturated rings. The first kappa shape index (κ1) is 17.3. The molecule has 9 atom stereocenters. The van der Waals surface area contributed by atoms with Gasteiger partial charge in [-0.2, -0.15) is 0 Å². The highest BCUT2D eigenvalue weighted by atomic mass is 16.3. The maximum absolute atomic E-state index is 10.3. The zero-order valence-electron chi connectivity index (χ0n) is 15.5. The molecule has 4 aliphatic carbocycles. The number of hydrogen-bond acceptors (Lipinski definition) is 3. The Bertz CT molecular complexity index is 480. The van der Waals surface area contributed by atoms with Crippen molar-refractivity contribution in [1.29, 1.82) is 0 Å². The van der Waals surface area contributed by atoms with Crippen molar-refractivity contribution in [3.63, 3.8) is 0 Å². The minimum atomic E-state index is -0.534. The lowest BCUT2D eigenvalue weighted by Crippen LogP contribution is -2.54. The molecule has 0 unspecified atom stereocenters. The van der Waals surface area contributed by atoms with Crippen LogP contribution in [0.3, 0.4) is 0 Å². The molecule has 0 spiro atoms. The van der Waals surface area contributed by atoms with Gasteiger partial charge >= 0.3 is 0 Å². The third-order valence-electron chi connectivity index (χ3n) is 9.36. The topological polar surface area (TPSA) is 60.7 Å². The van der Waals surface area contributed by atoms with Crippen LogP contribution in [0.1, 0.15) is 71.6 Å². The van der Waals surface area contributed by atoms with Gasteiger partial charge < -0.3 is 15.3 Å². The summed E-state index contributed by atoms with van der Waals surface area (Å²) in [6, 6.07) is 0. The number of fused-ring (bicyclic) bond motifs is 5. The van der Waals surface area contributed by atoms with Crippen LogP contribution < -0.4 is 0 Å². The van der Waals surface area contributed by atoms with Crippen molar-refractivity contribution in [2.24, 2.45) is 40.4 Å². The Morgan fingerprint density at radius 3 is 2.38 bits per heavy atom. The molecule has 0 saturated heterocycles. The quantitative estimate of drug-likeness (QED) is 0.724. The molecule has 4 rings (SSSR count). The second-order valence-corrected chi connectivity index (χ2v) is 10.1. The van der Waals surface area contributed by atoms with E-state index in [1.54, 1.807) is 0 Å². The molecule has 0 aromatic rings. The Hall–Kier alpha value is -0.120. The van der Waals surface area contributed by atoms with Crippen LogP contribution in [0.2, 0.25) is 0 Å². The van der Waals surface area contributed by atoms with Crippen LogP contribution in [0.5, 0.6) is 0 Å².